The number of benzene rings is 10. The van der Waals surface area contributed by atoms with Gasteiger partial charge in [-0.2, -0.15) is 51.8 Å². The van der Waals surface area contributed by atoms with Crippen LogP contribution in [0.15, 0.2) is 201 Å². The van der Waals surface area contributed by atoms with Crippen molar-refractivity contribution in [2.45, 2.75) is 6.92 Å². The van der Waals surface area contributed by atoms with Gasteiger partial charge in [0.2, 0.25) is 0 Å². The van der Waals surface area contributed by atoms with Crippen molar-refractivity contribution < 1.29 is 22.3 Å². The zero-order chi connectivity index (χ0) is 93.7. The first kappa shape index (κ1) is 89.1. The maximum atomic E-state index is 14.4. The van der Waals surface area contributed by atoms with Gasteiger partial charge < -0.3 is 33.4 Å². The normalized spacial score (nSPS) is 10.8. The Morgan fingerprint density at radius 3 is 0.910 bits per heavy atom. The molecule has 0 radical (unpaired) electrons. The Hall–Kier alpha value is -17.3. The molecular weight excluding hydrogens is 1830 g/mol. The highest BCUT2D eigenvalue weighted by atomic mass is 35.5. The SMILES string of the molecule is COc1cccc(-c2nc(N)c(C#N)nc2-c2cc(Cl)c3[nH]ncc3c2)c1.Cc1cccc(-c2nc(N)c(C#N)nc2-c2cc(Cl)c3[nH]ncc3c2)c1.N#Cc1nc(-c2cc(Cl)c3[nH]ncc3c2)c(-c2ccc(F)c(F)c2)nc1N.N#Cc1nc(-c2cc(Cl)c3[nH]ncc3c2)c(-c2ccc(F)cc2F)nc1N.N#Cc1nc(-c2cc(Cl)c3[nH]ncc3c2)c(-c2cccc(Cl)c2)nc1N. The molecule has 20 rings (SSSR count). The second kappa shape index (κ2) is 37.9. The molecule has 0 bridgehead atoms. The number of hydrogen-bond donors (Lipinski definition) is 10. The first-order valence-electron chi connectivity index (χ1n) is 38.6. The lowest BCUT2D eigenvalue weighted by Gasteiger charge is -2.12. The van der Waals surface area contributed by atoms with E-state index in [4.69, 9.17) is 103 Å². The molecule has 0 fully saturated rings. The molecule has 0 aliphatic rings. The number of nitrogens with two attached hydrogens (primary N) is 5. The molecule has 10 aromatic carbocycles. The van der Waals surface area contributed by atoms with Gasteiger partial charge in [0.1, 0.15) is 53.4 Å². The third kappa shape index (κ3) is 18.5. The predicted molar refractivity (Wildman–Crippen MR) is 500 cm³/mol. The molecule has 0 saturated heterocycles. The lowest BCUT2D eigenvalue weighted by molar-refractivity contribution is 0.415. The van der Waals surface area contributed by atoms with Crippen molar-refractivity contribution in [3.05, 3.63) is 288 Å². The Morgan fingerprint density at radius 2 is 0.594 bits per heavy atom. The summed E-state index contributed by atoms with van der Waals surface area (Å²) in [7, 11) is 1.59. The van der Waals surface area contributed by atoms with Crippen LogP contribution >= 0.6 is 69.6 Å². The highest BCUT2D eigenvalue weighted by Crippen LogP contribution is 2.43. The van der Waals surface area contributed by atoms with Crippen LogP contribution in [0.1, 0.15) is 34.0 Å². The average Bonchev–Trinajstić information content (AvgIpc) is 1.41. The molecule has 648 valence electrons. The summed E-state index contributed by atoms with van der Waals surface area (Å²) in [5, 5.41) is 87.1. The van der Waals surface area contributed by atoms with E-state index >= 15 is 0 Å². The van der Waals surface area contributed by atoms with Gasteiger partial charge in [-0.25, -0.2) is 67.4 Å². The van der Waals surface area contributed by atoms with Crippen LogP contribution in [0.25, 0.3) is 167 Å². The average molecular weight is 1880 g/mol. The van der Waals surface area contributed by atoms with E-state index in [2.05, 4.69) is 101 Å². The summed E-state index contributed by atoms with van der Waals surface area (Å²) >= 11 is 37.8. The number of aromatic amines is 5. The number of halogens is 10. The van der Waals surface area contributed by atoms with Crippen LogP contribution in [0.5, 0.6) is 5.75 Å². The van der Waals surface area contributed by atoms with E-state index in [1.54, 1.807) is 92.7 Å². The fourth-order valence-corrected chi connectivity index (χ4v) is 15.5. The van der Waals surface area contributed by atoms with Crippen LogP contribution < -0.4 is 33.4 Å². The number of fused-ring (bicyclic) bond motifs is 5. The van der Waals surface area contributed by atoms with Gasteiger partial charge in [-0.1, -0.05) is 118 Å². The number of ether oxygens (including phenoxy) is 1. The van der Waals surface area contributed by atoms with Crippen LogP contribution in [0, 0.1) is 86.8 Å². The Morgan fingerprint density at radius 1 is 0.293 bits per heavy atom. The summed E-state index contributed by atoms with van der Waals surface area (Å²) in [6.45, 7) is 2.00. The first-order chi connectivity index (χ1) is 64.2. The molecule has 0 unspecified atom stereocenters. The van der Waals surface area contributed by atoms with Crippen molar-refractivity contribution in [3.63, 3.8) is 0 Å². The van der Waals surface area contributed by atoms with Gasteiger partial charge in [0.05, 0.1) is 142 Å². The van der Waals surface area contributed by atoms with Crippen molar-refractivity contribution in [2.24, 2.45) is 0 Å². The standard InChI is InChI=1S/C19H13ClN6O.C19H13ClN6.C18H10Cl2N6.2C18H9ClF2N6/c1-27-13-4-2-3-10(6-13)17-18(24-15(8-21)19(22)25-17)11-5-12-9-23-26-16(12)14(20)7-11;1-10-3-2-4-11(5-10)17-18(24-15(8-21)19(22)25-17)12-6-13-9-23-26-16(13)14(20)7-12;19-12-3-1-2-9(5-12)16-17(24-14(7-21)18(22)25-16)10-4-11-8-23-26-15(11)13(20)6-10;19-12-4-8(3-9-7-24-27-15(9)12)16-17(26-18(23)14(6-22)25-16)11-2-1-10(20)5-13(11)21;19-11-4-9(3-10-7-24-27-15(10)11)17-16(26-18(23)14(6-22)25-17)8-1-2-12(20)13(21)5-8/h2-7,9H,1H3,(H2,22,25)(H,23,26);2-7,9H,1H3,(H2,22,25)(H,23,26);1-6,8H,(H2,22,25)(H,23,26);2*1-5,7H,(H2,23,26)(H,24,27). The number of H-pyrrole nitrogens is 5. The van der Waals surface area contributed by atoms with Crippen molar-refractivity contribution in [3.8, 4) is 149 Å². The third-order valence-corrected chi connectivity index (χ3v) is 21.9. The molecule has 0 aliphatic heterocycles. The minimum absolute atomic E-state index is 0.00139. The van der Waals surface area contributed by atoms with Gasteiger partial charge in [-0.3, -0.25) is 25.5 Å². The molecule has 10 heterocycles. The quantitative estimate of drug-likeness (QED) is 0.0538. The lowest BCUT2D eigenvalue weighted by Crippen LogP contribution is -2.04. The molecule has 15 N–H and O–H groups in total. The maximum absolute atomic E-state index is 14.4. The van der Waals surface area contributed by atoms with Gasteiger partial charge in [-0.05, 0) is 128 Å². The zero-order valence-corrected chi connectivity index (χ0v) is 72.6. The van der Waals surface area contributed by atoms with Crippen molar-refractivity contribution in [2.75, 3.05) is 35.8 Å². The number of nitrogen functional groups attached to an aromatic ring is 5. The second-order valence-electron chi connectivity index (χ2n) is 28.7. The Kier molecular flexibility index (Phi) is 25.4. The van der Waals surface area contributed by atoms with Crippen LogP contribution in [-0.4, -0.2) is 108 Å². The Labute approximate surface area is 777 Å². The van der Waals surface area contributed by atoms with E-state index in [0.29, 0.717) is 114 Å². The largest absolute Gasteiger partial charge is 0.497 e. The molecule has 0 saturated carbocycles. The zero-order valence-electron chi connectivity index (χ0n) is 68.1. The third-order valence-electron chi connectivity index (χ3n) is 20.1. The minimum atomic E-state index is -1.04. The molecular formula is C92H54Cl6F4N30O. The van der Waals surface area contributed by atoms with E-state index in [-0.39, 0.29) is 91.5 Å². The first-order valence-corrected chi connectivity index (χ1v) is 40.9. The summed E-state index contributed by atoms with van der Waals surface area (Å²) < 4.78 is 60.0. The lowest BCUT2D eigenvalue weighted by atomic mass is 10.0. The molecule has 0 atom stereocenters. The number of aryl methyl sites for hydroxylation is 1. The number of aromatic nitrogens is 20. The van der Waals surface area contributed by atoms with E-state index in [1.807, 2.05) is 116 Å². The molecule has 0 spiro atoms. The Bertz CT molecular complexity index is 8130. The molecule has 20 aromatic rings. The topological polar surface area (TPSA) is 531 Å². The molecule has 133 heavy (non-hydrogen) atoms. The number of anilines is 5. The van der Waals surface area contributed by atoms with Gasteiger partial charge in [0.15, 0.2) is 69.2 Å². The summed E-state index contributed by atoms with van der Waals surface area (Å²) in [5.74, 6) is -2.96. The van der Waals surface area contributed by atoms with Crippen LogP contribution in [0.2, 0.25) is 30.1 Å². The summed E-state index contributed by atoms with van der Waals surface area (Å²) in [5.41, 5.74) is 43.5. The molecule has 0 aliphatic carbocycles. The van der Waals surface area contributed by atoms with E-state index in [0.717, 1.165) is 84.8 Å². The number of methoxy groups -OCH3 is 1. The molecule has 31 nitrogen and oxygen atoms in total. The highest BCUT2D eigenvalue weighted by Gasteiger charge is 2.26. The number of nitriles is 5. The molecule has 0 amide bonds. The number of hydrogen-bond acceptors (Lipinski definition) is 26. The van der Waals surface area contributed by atoms with Crippen LogP contribution in [0.4, 0.5) is 46.7 Å². The number of rotatable bonds is 11. The number of nitrogens with one attached hydrogen (secondary N) is 5. The maximum Gasteiger partial charge on any atom is 0.183 e. The van der Waals surface area contributed by atoms with Crippen LogP contribution in [-0.2, 0) is 0 Å². The van der Waals surface area contributed by atoms with Gasteiger partial charge >= 0.3 is 0 Å². The van der Waals surface area contributed by atoms with Crippen molar-refractivity contribution in [1.29, 1.82) is 26.3 Å². The van der Waals surface area contributed by atoms with Crippen LogP contribution in [0.3, 0.4) is 0 Å². The number of nitrogens with zero attached hydrogens (tertiary/aromatic N) is 20. The summed E-state index contributed by atoms with van der Waals surface area (Å²) in [6, 6.07) is 56.1. The smallest absolute Gasteiger partial charge is 0.183 e. The molecule has 41 heteroatoms. The van der Waals surface area contributed by atoms with Gasteiger partial charge in [0, 0.05) is 93.7 Å². The minimum Gasteiger partial charge on any atom is -0.497 e. The summed E-state index contributed by atoms with van der Waals surface area (Å²) in [6.07, 6.45) is 8.18. The van der Waals surface area contributed by atoms with Crippen molar-refractivity contribution >= 4 is 153 Å². The van der Waals surface area contributed by atoms with Gasteiger partial charge in [-0.15, -0.1) is 0 Å². The highest BCUT2D eigenvalue weighted by molar-refractivity contribution is 6.37. The predicted octanol–water partition coefficient (Wildman–Crippen LogP) is 20.5. The van der Waals surface area contributed by atoms with E-state index in [1.165, 1.54) is 12.1 Å². The Balaban J connectivity index is 0.000000121. The summed E-state index contributed by atoms with van der Waals surface area (Å²) in [4.78, 5) is 43.5. The van der Waals surface area contributed by atoms with E-state index in [9.17, 15) is 43.9 Å². The second-order valence-corrected chi connectivity index (χ2v) is 31.1. The molecule has 10 aromatic heterocycles. The fourth-order valence-electron chi connectivity index (χ4n) is 13.9. The van der Waals surface area contributed by atoms with Gasteiger partial charge in [0.25, 0.3) is 0 Å². The van der Waals surface area contributed by atoms with E-state index < -0.39 is 23.3 Å². The monoisotopic (exact) mass is 1880 g/mol. The van der Waals surface area contributed by atoms with Crippen molar-refractivity contribution in [1.82, 2.24) is 101 Å². The fraction of sp³-hybridized carbons (Fsp3) is 0.0217.